The Morgan fingerprint density at radius 1 is 1.09 bits per heavy atom. The summed E-state index contributed by atoms with van der Waals surface area (Å²) >= 11 is 5.97. The van der Waals surface area contributed by atoms with Crippen LogP contribution in [0.3, 0.4) is 0 Å². The maximum atomic E-state index is 13.2. The molecule has 0 amide bonds. The highest BCUT2D eigenvalue weighted by molar-refractivity contribution is 6.31. The van der Waals surface area contributed by atoms with Crippen LogP contribution < -0.4 is 4.74 Å². The molecule has 0 spiro atoms. The van der Waals surface area contributed by atoms with E-state index in [1.165, 1.54) is 13.3 Å². The minimum Gasteiger partial charge on any atom is -0.497 e. The average molecular weight is 330 g/mol. The second kappa shape index (κ2) is 6.16. The molecule has 0 saturated heterocycles. The monoisotopic (exact) mass is 329 g/mol. The molecule has 0 aliphatic carbocycles. The first-order valence-electron chi connectivity index (χ1n) is 6.64. The van der Waals surface area contributed by atoms with Crippen LogP contribution in [0.1, 0.15) is 31.0 Å². The summed E-state index contributed by atoms with van der Waals surface area (Å²) in [5.74, 6) is 0.156. The lowest BCUT2D eigenvalue weighted by Gasteiger charge is -2.16. The molecule has 0 fully saturated rings. The Balaban J connectivity index is 2.60. The summed E-state index contributed by atoms with van der Waals surface area (Å²) < 4.78 is 44.8. The molecular formula is C16H15ClF3NO. The van der Waals surface area contributed by atoms with Gasteiger partial charge in [-0.15, -0.1) is 0 Å². The maximum absolute atomic E-state index is 13.2. The van der Waals surface area contributed by atoms with Gasteiger partial charge in [0.1, 0.15) is 5.75 Å². The Morgan fingerprint density at radius 3 is 2.32 bits per heavy atom. The Kier molecular flexibility index (Phi) is 4.66. The zero-order chi connectivity index (χ0) is 16.5. The van der Waals surface area contributed by atoms with E-state index in [0.717, 1.165) is 6.07 Å². The van der Waals surface area contributed by atoms with Crippen LogP contribution in [0.25, 0.3) is 11.1 Å². The fourth-order valence-corrected chi connectivity index (χ4v) is 2.39. The summed E-state index contributed by atoms with van der Waals surface area (Å²) in [6.45, 7) is 3.36. The number of methoxy groups -OCH3 is 1. The van der Waals surface area contributed by atoms with Crippen molar-refractivity contribution >= 4 is 11.6 Å². The van der Waals surface area contributed by atoms with Gasteiger partial charge >= 0.3 is 6.18 Å². The summed E-state index contributed by atoms with van der Waals surface area (Å²) in [5.41, 5.74) is 0.180. The van der Waals surface area contributed by atoms with Crippen molar-refractivity contribution in [3.63, 3.8) is 0 Å². The van der Waals surface area contributed by atoms with Gasteiger partial charge in [-0.1, -0.05) is 25.4 Å². The number of halogens is 4. The lowest BCUT2D eigenvalue weighted by atomic mass is 9.99. The van der Waals surface area contributed by atoms with Crippen LogP contribution in [-0.2, 0) is 6.18 Å². The second-order valence-electron chi connectivity index (χ2n) is 5.19. The molecule has 0 atom stereocenters. The number of ether oxygens (including phenoxy) is 1. The molecule has 2 aromatic rings. The van der Waals surface area contributed by atoms with Crippen molar-refractivity contribution in [1.29, 1.82) is 0 Å². The molecule has 0 aliphatic heterocycles. The molecule has 1 aromatic carbocycles. The predicted molar refractivity (Wildman–Crippen MR) is 80.3 cm³/mol. The fourth-order valence-electron chi connectivity index (χ4n) is 2.17. The van der Waals surface area contributed by atoms with E-state index < -0.39 is 11.7 Å². The van der Waals surface area contributed by atoms with Gasteiger partial charge in [-0.25, -0.2) is 0 Å². The molecule has 6 heteroatoms. The van der Waals surface area contributed by atoms with Gasteiger partial charge in [-0.2, -0.15) is 13.2 Å². The molecule has 118 valence electrons. The Morgan fingerprint density at radius 2 is 1.77 bits per heavy atom. The normalized spacial score (nSPS) is 11.8. The summed E-state index contributed by atoms with van der Waals surface area (Å²) in [5, 5.41) is 0.385. The second-order valence-corrected chi connectivity index (χ2v) is 5.63. The molecule has 1 heterocycles. The number of rotatable bonds is 3. The smallest absolute Gasteiger partial charge is 0.418 e. The number of pyridine rings is 1. The van der Waals surface area contributed by atoms with E-state index in [4.69, 9.17) is 16.3 Å². The highest BCUT2D eigenvalue weighted by Gasteiger charge is 2.35. The average Bonchev–Trinajstić information content (AvgIpc) is 2.44. The number of alkyl halides is 3. The van der Waals surface area contributed by atoms with E-state index in [2.05, 4.69) is 4.98 Å². The predicted octanol–water partition coefficient (Wildman–Crippen LogP) is 5.55. The minimum absolute atomic E-state index is 0.0326. The molecule has 0 N–H and O–H groups in total. The van der Waals surface area contributed by atoms with Crippen molar-refractivity contribution in [3.05, 3.63) is 46.7 Å². The zero-order valence-electron chi connectivity index (χ0n) is 12.3. The minimum atomic E-state index is -4.45. The van der Waals surface area contributed by atoms with E-state index >= 15 is 0 Å². The third kappa shape index (κ3) is 3.53. The van der Waals surface area contributed by atoms with Crippen LogP contribution in [0.4, 0.5) is 13.2 Å². The number of hydrogen-bond donors (Lipinski definition) is 0. The third-order valence-electron chi connectivity index (χ3n) is 3.21. The van der Waals surface area contributed by atoms with Gasteiger partial charge in [0.05, 0.1) is 18.4 Å². The van der Waals surface area contributed by atoms with Gasteiger partial charge < -0.3 is 4.74 Å². The van der Waals surface area contributed by atoms with Gasteiger partial charge in [0.25, 0.3) is 0 Å². The number of benzene rings is 1. The van der Waals surface area contributed by atoms with E-state index in [0.29, 0.717) is 21.9 Å². The topological polar surface area (TPSA) is 22.1 Å². The highest BCUT2D eigenvalue weighted by Crippen LogP contribution is 2.37. The number of nitrogens with zero attached hydrogens (tertiary/aromatic N) is 1. The van der Waals surface area contributed by atoms with Gasteiger partial charge in [0.15, 0.2) is 0 Å². The molecule has 0 unspecified atom stereocenters. The zero-order valence-corrected chi connectivity index (χ0v) is 13.1. The fraction of sp³-hybridized carbons (Fsp3) is 0.312. The van der Waals surface area contributed by atoms with Gasteiger partial charge in [0, 0.05) is 16.8 Å². The molecule has 0 bridgehead atoms. The van der Waals surface area contributed by atoms with Crippen LogP contribution in [-0.4, -0.2) is 12.1 Å². The van der Waals surface area contributed by atoms with Crippen molar-refractivity contribution in [1.82, 2.24) is 4.98 Å². The molecule has 0 saturated carbocycles. The Labute approximate surface area is 131 Å². The van der Waals surface area contributed by atoms with Crippen molar-refractivity contribution in [2.75, 3.05) is 7.11 Å². The van der Waals surface area contributed by atoms with Crippen LogP contribution in [0.2, 0.25) is 5.02 Å². The maximum Gasteiger partial charge on any atom is 0.418 e. The van der Waals surface area contributed by atoms with E-state index in [1.54, 1.807) is 32.0 Å². The molecular weight excluding hydrogens is 315 g/mol. The van der Waals surface area contributed by atoms with Crippen LogP contribution in [0.15, 0.2) is 30.5 Å². The van der Waals surface area contributed by atoms with Crippen molar-refractivity contribution in [2.24, 2.45) is 0 Å². The third-order valence-corrected chi connectivity index (χ3v) is 3.43. The largest absolute Gasteiger partial charge is 0.497 e. The van der Waals surface area contributed by atoms with Crippen molar-refractivity contribution < 1.29 is 17.9 Å². The van der Waals surface area contributed by atoms with Crippen molar-refractivity contribution in [2.45, 2.75) is 25.9 Å². The first kappa shape index (κ1) is 16.6. The molecule has 0 radical (unpaired) electrons. The van der Waals surface area contributed by atoms with Crippen LogP contribution in [0.5, 0.6) is 5.75 Å². The first-order chi connectivity index (χ1) is 10.2. The SMILES string of the molecule is COc1cc(Cl)cc(-c2cnc(C(C)C)c(C(F)(F)F)c2)c1. The summed E-state index contributed by atoms with van der Waals surface area (Å²) in [6, 6.07) is 5.90. The molecule has 1 aromatic heterocycles. The van der Waals surface area contributed by atoms with Gasteiger partial charge in [0.2, 0.25) is 0 Å². The Bertz CT molecular complexity index is 684. The van der Waals surface area contributed by atoms with Crippen LogP contribution >= 0.6 is 11.6 Å². The van der Waals surface area contributed by atoms with Crippen LogP contribution in [0, 0.1) is 0 Å². The van der Waals surface area contributed by atoms with Gasteiger partial charge in [-0.3, -0.25) is 4.98 Å². The van der Waals surface area contributed by atoms with E-state index in [9.17, 15) is 13.2 Å². The van der Waals surface area contributed by atoms with E-state index in [-0.39, 0.29) is 11.6 Å². The standard InChI is InChI=1S/C16H15ClF3NO/c1-9(2)15-14(16(18,19)20)6-11(8-21-15)10-4-12(17)7-13(5-10)22-3/h4-9H,1-3H3. The first-order valence-corrected chi connectivity index (χ1v) is 7.02. The summed E-state index contributed by atoms with van der Waals surface area (Å²) in [7, 11) is 1.47. The lowest BCUT2D eigenvalue weighted by molar-refractivity contribution is -0.138. The Hall–Kier alpha value is -1.75. The summed E-state index contributed by atoms with van der Waals surface area (Å²) in [6.07, 6.45) is -3.03. The quantitative estimate of drug-likeness (QED) is 0.736. The molecule has 22 heavy (non-hydrogen) atoms. The lowest BCUT2D eigenvalue weighted by Crippen LogP contribution is -2.12. The highest BCUT2D eigenvalue weighted by atomic mass is 35.5. The number of hydrogen-bond acceptors (Lipinski definition) is 2. The number of aromatic nitrogens is 1. The van der Waals surface area contributed by atoms with E-state index in [1.807, 2.05) is 0 Å². The van der Waals surface area contributed by atoms with Gasteiger partial charge in [-0.05, 0) is 35.7 Å². The molecule has 2 rings (SSSR count). The molecule has 2 nitrogen and oxygen atoms in total. The summed E-state index contributed by atoms with van der Waals surface area (Å²) in [4.78, 5) is 4.00. The van der Waals surface area contributed by atoms with Crippen molar-refractivity contribution in [3.8, 4) is 16.9 Å². The molecule has 0 aliphatic rings.